The molecule has 516 valence electrons. The Balaban J connectivity index is 1.90. The van der Waals surface area contributed by atoms with Gasteiger partial charge in [-0.05, 0) is 89.9 Å². The number of unbranched alkanes of at least 4 members (excludes halogenated alkanes) is 47. The van der Waals surface area contributed by atoms with E-state index in [1.54, 1.807) is 6.08 Å². The van der Waals surface area contributed by atoms with Crippen molar-refractivity contribution in [2.75, 3.05) is 19.8 Å². The maximum Gasteiger partial charge on any atom is 0.305 e. The van der Waals surface area contributed by atoms with Gasteiger partial charge < -0.3 is 45.1 Å². The summed E-state index contributed by atoms with van der Waals surface area (Å²) < 4.78 is 16.7. The SMILES string of the molecule is CCCCCC/C=C\CCCCCCCC(=O)OCCCCCCCCCCCCCCC/C=C\C/C=C\CCCCCCCCCCCCCCCCCCCC(=O)NC(COC1OC(CO)C(O)C(O)C1O)C(O)/C=C/CCCCCCCCCC. The van der Waals surface area contributed by atoms with E-state index in [2.05, 4.69) is 55.6 Å². The molecule has 0 aromatic heterocycles. The van der Waals surface area contributed by atoms with Crippen LogP contribution in [0.4, 0.5) is 0 Å². The Labute approximate surface area is 542 Å². The van der Waals surface area contributed by atoms with Crippen molar-refractivity contribution in [3.63, 3.8) is 0 Å². The van der Waals surface area contributed by atoms with Crippen molar-refractivity contribution in [3.05, 3.63) is 48.6 Å². The highest BCUT2D eigenvalue weighted by Gasteiger charge is 2.44. The van der Waals surface area contributed by atoms with Crippen LogP contribution in [0.1, 0.15) is 367 Å². The number of nitrogens with one attached hydrogen (secondary N) is 1. The lowest BCUT2D eigenvalue weighted by Crippen LogP contribution is -2.60. The van der Waals surface area contributed by atoms with Crippen LogP contribution in [0.5, 0.6) is 0 Å². The molecule has 11 nitrogen and oxygen atoms in total. The van der Waals surface area contributed by atoms with Gasteiger partial charge in [0.25, 0.3) is 0 Å². The van der Waals surface area contributed by atoms with Crippen LogP contribution >= 0.6 is 0 Å². The number of rotatable bonds is 67. The first-order valence-electron chi connectivity index (χ1n) is 37.9. The van der Waals surface area contributed by atoms with E-state index in [9.17, 15) is 35.1 Å². The van der Waals surface area contributed by atoms with Crippen LogP contribution in [0.15, 0.2) is 48.6 Å². The largest absolute Gasteiger partial charge is 0.466 e. The molecule has 11 heteroatoms. The predicted octanol–water partition coefficient (Wildman–Crippen LogP) is 19.9. The molecule has 0 aromatic rings. The van der Waals surface area contributed by atoms with Gasteiger partial charge in [-0.25, -0.2) is 0 Å². The maximum absolute atomic E-state index is 13.0. The zero-order valence-electron chi connectivity index (χ0n) is 57.4. The Hall–Kier alpha value is -2.38. The summed E-state index contributed by atoms with van der Waals surface area (Å²) in [5, 5.41) is 54.4. The number of amides is 1. The highest BCUT2D eigenvalue weighted by atomic mass is 16.7. The van der Waals surface area contributed by atoms with Crippen molar-refractivity contribution < 1.29 is 49.3 Å². The number of carbonyl (C=O) groups is 2. The molecule has 1 saturated heterocycles. The third-order valence-corrected chi connectivity index (χ3v) is 17.9. The van der Waals surface area contributed by atoms with Crippen LogP contribution < -0.4 is 5.32 Å². The molecule has 0 aromatic carbocycles. The standard InChI is InChI=1S/C77H143NO10/c1-3-5-7-9-11-13-15-41-45-49-53-57-61-65-73(82)86-66-62-58-54-50-46-43-40-38-36-34-32-30-28-26-24-22-20-18-16-17-19-21-23-25-27-29-31-33-35-37-39-42-44-48-52-56-60-64-72(81)78-69(68-87-77-76(85)75(84)74(83)71(67-79)88-77)70(80)63-59-55-51-47-14-12-10-8-6-4-2/h13,15-16,18,22,24,59,63,69-71,74-77,79-80,83-85H,3-12,14,17,19-21,23,25-58,60-62,64-68H2,1-2H3,(H,78,81)/b15-13-,18-16-,24-22-,63-59+. The zero-order chi connectivity index (χ0) is 63.7. The Kier molecular flexibility index (Phi) is 62.8. The van der Waals surface area contributed by atoms with Crippen LogP contribution in [0, 0.1) is 0 Å². The smallest absolute Gasteiger partial charge is 0.305 e. The highest BCUT2D eigenvalue weighted by Crippen LogP contribution is 2.23. The van der Waals surface area contributed by atoms with Gasteiger partial charge in [-0.2, -0.15) is 0 Å². The monoisotopic (exact) mass is 1240 g/mol. The molecule has 0 aliphatic carbocycles. The number of esters is 1. The fourth-order valence-electron chi connectivity index (χ4n) is 11.9. The molecule has 7 atom stereocenters. The first-order valence-corrected chi connectivity index (χ1v) is 37.9. The Morgan fingerprint density at radius 2 is 0.761 bits per heavy atom. The van der Waals surface area contributed by atoms with Crippen LogP contribution in [-0.4, -0.2) is 100 Å². The molecular weight excluding hydrogens is 1100 g/mol. The van der Waals surface area contributed by atoms with Gasteiger partial charge in [0.15, 0.2) is 6.29 Å². The second-order valence-corrected chi connectivity index (χ2v) is 26.3. The van der Waals surface area contributed by atoms with E-state index in [0.717, 1.165) is 64.2 Å². The summed E-state index contributed by atoms with van der Waals surface area (Å²) in [5.74, 6) is -0.176. The minimum absolute atomic E-state index is 0.00340. The Morgan fingerprint density at radius 3 is 1.17 bits per heavy atom. The van der Waals surface area contributed by atoms with Crippen molar-refractivity contribution in [3.8, 4) is 0 Å². The van der Waals surface area contributed by atoms with E-state index in [1.165, 1.54) is 276 Å². The Bertz CT molecular complexity index is 1600. The molecule has 0 radical (unpaired) electrons. The van der Waals surface area contributed by atoms with Gasteiger partial charge in [0.1, 0.15) is 24.4 Å². The average molecular weight is 1240 g/mol. The van der Waals surface area contributed by atoms with Gasteiger partial charge in [0, 0.05) is 12.8 Å². The molecule has 0 bridgehead atoms. The van der Waals surface area contributed by atoms with Crippen molar-refractivity contribution in [1.82, 2.24) is 5.32 Å². The molecule has 1 aliphatic rings. The Morgan fingerprint density at radius 1 is 0.420 bits per heavy atom. The summed E-state index contributed by atoms with van der Waals surface area (Å²) in [6, 6.07) is -0.807. The molecule has 0 spiro atoms. The second kappa shape index (κ2) is 66.1. The predicted molar refractivity (Wildman–Crippen MR) is 370 cm³/mol. The van der Waals surface area contributed by atoms with E-state index in [-0.39, 0.29) is 18.5 Å². The molecule has 1 amide bonds. The van der Waals surface area contributed by atoms with Crippen molar-refractivity contribution in [1.29, 1.82) is 0 Å². The van der Waals surface area contributed by atoms with Crippen molar-refractivity contribution in [2.24, 2.45) is 0 Å². The minimum atomic E-state index is -1.57. The van der Waals surface area contributed by atoms with E-state index in [0.29, 0.717) is 19.4 Å². The molecule has 7 unspecified atom stereocenters. The van der Waals surface area contributed by atoms with Crippen LogP contribution in [-0.2, 0) is 23.8 Å². The summed E-state index contributed by atoms with van der Waals surface area (Å²) in [6.07, 6.45) is 77.1. The lowest BCUT2D eigenvalue weighted by atomic mass is 9.99. The summed E-state index contributed by atoms with van der Waals surface area (Å²) in [5.41, 5.74) is 0. The molecule has 88 heavy (non-hydrogen) atoms. The summed E-state index contributed by atoms with van der Waals surface area (Å²) >= 11 is 0. The molecule has 1 heterocycles. The van der Waals surface area contributed by atoms with Gasteiger partial charge in [-0.3, -0.25) is 9.59 Å². The first-order chi connectivity index (χ1) is 43.2. The quantitative estimate of drug-likeness (QED) is 0.0195. The van der Waals surface area contributed by atoms with Crippen molar-refractivity contribution >= 4 is 11.9 Å². The number of carbonyl (C=O) groups excluding carboxylic acids is 2. The fraction of sp³-hybridized carbons (Fsp3) is 0.870. The lowest BCUT2D eigenvalue weighted by molar-refractivity contribution is -0.302. The normalized spacial score (nSPS) is 18.0. The zero-order valence-corrected chi connectivity index (χ0v) is 57.4. The number of allylic oxidation sites excluding steroid dienone is 7. The topological polar surface area (TPSA) is 175 Å². The van der Waals surface area contributed by atoms with Crippen LogP contribution in [0.2, 0.25) is 0 Å². The third-order valence-electron chi connectivity index (χ3n) is 17.9. The number of hydrogen-bond acceptors (Lipinski definition) is 10. The molecule has 1 aliphatic heterocycles. The minimum Gasteiger partial charge on any atom is -0.466 e. The second-order valence-electron chi connectivity index (χ2n) is 26.3. The number of ether oxygens (including phenoxy) is 3. The maximum atomic E-state index is 13.0. The number of hydrogen-bond donors (Lipinski definition) is 6. The van der Waals surface area contributed by atoms with Crippen LogP contribution in [0.3, 0.4) is 0 Å². The van der Waals surface area contributed by atoms with Crippen LogP contribution in [0.25, 0.3) is 0 Å². The lowest BCUT2D eigenvalue weighted by Gasteiger charge is -2.40. The van der Waals surface area contributed by atoms with Gasteiger partial charge in [-0.15, -0.1) is 0 Å². The highest BCUT2D eigenvalue weighted by molar-refractivity contribution is 5.76. The molecule has 6 N–H and O–H groups in total. The van der Waals surface area contributed by atoms with E-state index < -0.39 is 49.5 Å². The summed E-state index contributed by atoms with van der Waals surface area (Å²) in [4.78, 5) is 25.1. The van der Waals surface area contributed by atoms with Gasteiger partial charge in [0.05, 0.1) is 32.0 Å². The molecule has 1 fully saturated rings. The van der Waals surface area contributed by atoms with E-state index >= 15 is 0 Å². The first kappa shape index (κ1) is 83.6. The number of aliphatic hydroxyl groups excluding tert-OH is 5. The summed E-state index contributed by atoms with van der Waals surface area (Å²) in [7, 11) is 0. The number of aliphatic hydroxyl groups is 5. The van der Waals surface area contributed by atoms with Gasteiger partial charge >= 0.3 is 5.97 Å². The van der Waals surface area contributed by atoms with Gasteiger partial charge in [-0.1, -0.05) is 313 Å². The fourth-order valence-corrected chi connectivity index (χ4v) is 11.9. The van der Waals surface area contributed by atoms with E-state index in [1.807, 2.05) is 6.08 Å². The molecule has 0 saturated carbocycles. The van der Waals surface area contributed by atoms with E-state index in [4.69, 9.17) is 14.2 Å². The molecule has 1 rings (SSSR count). The molecular formula is C77H143NO10. The summed E-state index contributed by atoms with van der Waals surface area (Å²) in [6.45, 7) is 4.34. The van der Waals surface area contributed by atoms with Crippen molar-refractivity contribution in [2.45, 2.75) is 410 Å². The third kappa shape index (κ3) is 54.2. The van der Waals surface area contributed by atoms with Gasteiger partial charge in [0.2, 0.25) is 5.91 Å². The average Bonchev–Trinajstić information content (AvgIpc) is 2.84.